The van der Waals surface area contributed by atoms with Gasteiger partial charge in [0.2, 0.25) is 0 Å². The maximum absolute atomic E-state index is 13.5. The van der Waals surface area contributed by atoms with Crippen molar-refractivity contribution in [2.24, 2.45) is 5.84 Å². The fraction of sp³-hybridized carbons (Fsp3) is 0.267. The molecule has 0 aliphatic heterocycles. The molecule has 1 aromatic carbocycles. The Morgan fingerprint density at radius 1 is 1.38 bits per heavy atom. The lowest BCUT2D eigenvalue weighted by Gasteiger charge is -2.15. The van der Waals surface area contributed by atoms with E-state index < -0.39 is 5.82 Å². The maximum atomic E-state index is 13.5. The average molecular weight is 291 g/mol. The van der Waals surface area contributed by atoms with Crippen LogP contribution in [-0.2, 0) is 6.42 Å². The van der Waals surface area contributed by atoms with Gasteiger partial charge in [-0.15, -0.1) is 0 Å². The summed E-state index contributed by atoms with van der Waals surface area (Å²) in [4.78, 5) is 12.2. The summed E-state index contributed by atoms with van der Waals surface area (Å²) in [7, 11) is 0. The highest BCUT2D eigenvalue weighted by Crippen LogP contribution is 2.18. The number of para-hydroxylation sites is 1. The quantitative estimate of drug-likeness (QED) is 0.564. The molecule has 0 saturated heterocycles. The van der Waals surface area contributed by atoms with Gasteiger partial charge in [-0.25, -0.2) is 4.39 Å². The zero-order chi connectivity index (χ0) is 15.2. The van der Waals surface area contributed by atoms with Crippen LogP contribution in [0.1, 0.15) is 29.5 Å². The first-order valence-corrected chi connectivity index (χ1v) is 6.70. The van der Waals surface area contributed by atoms with Gasteiger partial charge in [-0.1, -0.05) is 6.07 Å². The molecule has 6 heteroatoms. The van der Waals surface area contributed by atoms with E-state index in [4.69, 9.17) is 10.3 Å². The van der Waals surface area contributed by atoms with E-state index in [1.54, 1.807) is 6.26 Å². The van der Waals surface area contributed by atoms with Crippen LogP contribution in [0.15, 0.2) is 41.0 Å². The second-order valence-electron chi connectivity index (χ2n) is 4.80. The van der Waals surface area contributed by atoms with E-state index in [0.29, 0.717) is 0 Å². The van der Waals surface area contributed by atoms with Crippen LogP contribution in [0, 0.1) is 5.82 Å². The number of furan rings is 1. The van der Waals surface area contributed by atoms with E-state index in [2.05, 4.69) is 10.7 Å². The molecule has 0 radical (unpaired) electrons. The Kier molecular flexibility index (Phi) is 4.94. The van der Waals surface area contributed by atoms with E-state index in [1.165, 1.54) is 18.2 Å². The lowest BCUT2D eigenvalue weighted by Crippen LogP contribution is -2.33. The van der Waals surface area contributed by atoms with Gasteiger partial charge < -0.3 is 15.2 Å². The summed E-state index contributed by atoms with van der Waals surface area (Å²) in [6.07, 6.45) is 3.06. The van der Waals surface area contributed by atoms with Crippen molar-refractivity contribution in [3.63, 3.8) is 0 Å². The van der Waals surface area contributed by atoms with Crippen molar-refractivity contribution in [1.82, 2.24) is 5.32 Å². The number of nitrogens with one attached hydrogen (secondary N) is 2. The summed E-state index contributed by atoms with van der Waals surface area (Å²) in [5, 5.41) is 2.82. The van der Waals surface area contributed by atoms with Crippen LogP contribution < -0.4 is 16.6 Å². The lowest BCUT2D eigenvalue weighted by atomic mass is 10.1. The first-order valence-electron chi connectivity index (χ1n) is 6.70. The SMILES string of the molecule is CC(CCc1ccco1)NC(=O)c1cccc(F)c1NN. The summed E-state index contributed by atoms with van der Waals surface area (Å²) in [5.74, 6) is 5.20. The van der Waals surface area contributed by atoms with E-state index in [9.17, 15) is 9.18 Å². The number of hydrogen-bond acceptors (Lipinski definition) is 4. The second kappa shape index (κ2) is 6.90. The summed E-state index contributed by atoms with van der Waals surface area (Å²) in [6.45, 7) is 1.88. The summed E-state index contributed by atoms with van der Waals surface area (Å²) in [6, 6.07) is 7.87. The van der Waals surface area contributed by atoms with Gasteiger partial charge in [-0.3, -0.25) is 10.6 Å². The zero-order valence-electron chi connectivity index (χ0n) is 11.7. The lowest BCUT2D eigenvalue weighted by molar-refractivity contribution is 0.0938. The van der Waals surface area contributed by atoms with Crippen LogP contribution in [0.25, 0.3) is 0 Å². The molecule has 1 amide bonds. The molecule has 1 aromatic heterocycles. The number of nitrogens with two attached hydrogens (primary N) is 1. The number of carbonyl (C=O) groups excluding carboxylic acids is 1. The number of halogens is 1. The molecule has 4 N–H and O–H groups in total. The number of benzene rings is 1. The van der Waals surface area contributed by atoms with Crippen LogP contribution in [-0.4, -0.2) is 11.9 Å². The molecule has 1 heterocycles. The van der Waals surface area contributed by atoms with Gasteiger partial charge in [0.05, 0.1) is 17.5 Å². The van der Waals surface area contributed by atoms with Gasteiger partial charge in [0.15, 0.2) is 0 Å². The molecule has 0 bridgehead atoms. The molecule has 5 nitrogen and oxygen atoms in total. The van der Waals surface area contributed by atoms with E-state index in [0.717, 1.165) is 18.6 Å². The van der Waals surface area contributed by atoms with Gasteiger partial charge in [-0.05, 0) is 37.6 Å². The van der Waals surface area contributed by atoms with E-state index in [-0.39, 0.29) is 23.2 Å². The number of nitrogen functional groups attached to an aromatic ring is 1. The Hall–Kier alpha value is -2.34. The maximum Gasteiger partial charge on any atom is 0.253 e. The molecule has 0 spiro atoms. The number of hydrazine groups is 1. The van der Waals surface area contributed by atoms with Crippen LogP contribution in [0.5, 0.6) is 0 Å². The first-order chi connectivity index (χ1) is 10.1. The van der Waals surface area contributed by atoms with Crippen LogP contribution in [0.3, 0.4) is 0 Å². The molecule has 0 aliphatic rings. The van der Waals surface area contributed by atoms with Crippen molar-refractivity contribution in [1.29, 1.82) is 0 Å². The average Bonchev–Trinajstić information content (AvgIpc) is 2.98. The van der Waals surface area contributed by atoms with Crippen molar-refractivity contribution in [3.8, 4) is 0 Å². The number of hydrogen-bond donors (Lipinski definition) is 3. The van der Waals surface area contributed by atoms with Gasteiger partial charge in [0.1, 0.15) is 11.6 Å². The molecule has 2 aromatic rings. The molecule has 112 valence electrons. The fourth-order valence-corrected chi connectivity index (χ4v) is 2.05. The molecule has 0 aliphatic carbocycles. The minimum Gasteiger partial charge on any atom is -0.469 e. The molecule has 0 fully saturated rings. The van der Waals surface area contributed by atoms with Crippen molar-refractivity contribution >= 4 is 11.6 Å². The third-order valence-electron chi connectivity index (χ3n) is 3.18. The Morgan fingerprint density at radius 2 is 2.19 bits per heavy atom. The summed E-state index contributed by atoms with van der Waals surface area (Å²) >= 11 is 0. The Bertz CT molecular complexity index is 599. The Balaban J connectivity index is 1.96. The number of anilines is 1. The van der Waals surface area contributed by atoms with E-state index in [1.807, 2.05) is 19.1 Å². The van der Waals surface area contributed by atoms with Crippen molar-refractivity contribution in [3.05, 3.63) is 53.7 Å². The monoisotopic (exact) mass is 291 g/mol. The zero-order valence-corrected chi connectivity index (χ0v) is 11.7. The smallest absolute Gasteiger partial charge is 0.253 e. The highest BCUT2D eigenvalue weighted by atomic mass is 19.1. The van der Waals surface area contributed by atoms with Crippen molar-refractivity contribution < 1.29 is 13.6 Å². The standard InChI is InChI=1S/C15H18FN3O2/c1-10(7-8-11-4-3-9-21-11)18-15(20)12-5-2-6-13(16)14(12)19-17/h2-6,9-10,19H,7-8,17H2,1H3,(H,18,20). The van der Waals surface area contributed by atoms with Gasteiger partial charge in [-0.2, -0.15) is 0 Å². The molecule has 1 atom stereocenters. The largest absolute Gasteiger partial charge is 0.469 e. The topological polar surface area (TPSA) is 80.3 Å². The third-order valence-corrected chi connectivity index (χ3v) is 3.18. The van der Waals surface area contributed by atoms with Gasteiger partial charge >= 0.3 is 0 Å². The highest BCUT2D eigenvalue weighted by molar-refractivity contribution is 5.99. The highest BCUT2D eigenvalue weighted by Gasteiger charge is 2.16. The predicted octanol–water partition coefficient (Wildman–Crippen LogP) is 2.46. The molecular formula is C15H18FN3O2. The molecule has 21 heavy (non-hydrogen) atoms. The summed E-state index contributed by atoms with van der Waals surface area (Å²) < 4.78 is 18.8. The number of aryl methyl sites for hydroxylation is 1. The molecule has 1 unspecified atom stereocenters. The molecule has 2 rings (SSSR count). The van der Waals surface area contributed by atoms with E-state index >= 15 is 0 Å². The minimum atomic E-state index is -0.562. The van der Waals surface area contributed by atoms with Crippen LogP contribution in [0.4, 0.5) is 10.1 Å². The van der Waals surface area contributed by atoms with Crippen molar-refractivity contribution in [2.45, 2.75) is 25.8 Å². The molecule has 0 saturated carbocycles. The van der Waals surface area contributed by atoms with Crippen LogP contribution >= 0.6 is 0 Å². The minimum absolute atomic E-state index is 0.00626. The Labute approximate surface area is 122 Å². The molecular weight excluding hydrogens is 273 g/mol. The van der Waals surface area contributed by atoms with Crippen LogP contribution in [0.2, 0.25) is 0 Å². The first kappa shape index (κ1) is 15.1. The third kappa shape index (κ3) is 3.82. The predicted molar refractivity (Wildman–Crippen MR) is 78.2 cm³/mol. The Morgan fingerprint density at radius 3 is 2.86 bits per heavy atom. The second-order valence-corrected chi connectivity index (χ2v) is 4.80. The summed E-state index contributed by atoms with van der Waals surface area (Å²) in [5.41, 5.74) is 2.40. The number of carbonyl (C=O) groups is 1. The van der Waals surface area contributed by atoms with Gasteiger partial charge in [0, 0.05) is 12.5 Å². The number of amides is 1. The van der Waals surface area contributed by atoms with Gasteiger partial charge in [0.25, 0.3) is 5.91 Å². The number of rotatable bonds is 6. The van der Waals surface area contributed by atoms with Crippen molar-refractivity contribution in [2.75, 3.05) is 5.43 Å². The fourth-order valence-electron chi connectivity index (χ4n) is 2.05. The normalized spacial score (nSPS) is 12.0.